The molecule has 0 fully saturated rings. The van der Waals surface area contributed by atoms with Gasteiger partial charge in [0.25, 0.3) is 5.91 Å². The third-order valence-electron chi connectivity index (χ3n) is 7.80. The lowest BCUT2D eigenvalue weighted by atomic mass is 9.94. The highest BCUT2D eigenvalue weighted by molar-refractivity contribution is 6.30. The smallest absolute Gasteiger partial charge is 0.345 e. The number of aromatic nitrogens is 2. The molecule has 0 bridgehead atoms. The van der Waals surface area contributed by atoms with E-state index >= 15 is 0 Å². The van der Waals surface area contributed by atoms with Crippen molar-refractivity contribution >= 4 is 61.3 Å². The summed E-state index contributed by atoms with van der Waals surface area (Å²) in [5.74, 6) is -1.83. The predicted molar refractivity (Wildman–Crippen MR) is 143 cm³/mol. The van der Waals surface area contributed by atoms with Crippen molar-refractivity contribution in [2.75, 3.05) is 21.3 Å². The van der Waals surface area contributed by atoms with E-state index in [9.17, 15) is 19.5 Å². The lowest BCUT2D eigenvalue weighted by molar-refractivity contribution is -0.172. The molecule has 2 aromatic heterocycles. The first-order valence-electron chi connectivity index (χ1n) is 12.3. The molecule has 1 aliphatic rings. The van der Waals surface area contributed by atoms with Crippen LogP contribution in [0.1, 0.15) is 35.5 Å². The topological polar surface area (TPSA) is 114 Å². The Morgan fingerprint density at radius 1 is 1.08 bits per heavy atom. The second kappa shape index (κ2) is 8.41. The number of ether oxygens (including phenoxy) is 2. The van der Waals surface area contributed by atoms with Crippen LogP contribution < -0.4 is 0 Å². The number of hydrogen-bond donors (Lipinski definition) is 2. The van der Waals surface area contributed by atoms with Crippen LogP contribution in [0.5, 0.6) is 0 Å². The van der Waals surface area contributed by atoms with E-state index in [1.807, 2.05) is 53.1 Å². The lowest BCUT2D eigenvalue weighted by Crippen LogP contribution is -2.48. The molecular formula is C29H27N3O6. The number of nitrogens with zero attached hydrogens (tertiary/aromatic N) is 2. The Morgan fingerprint density at radius 2 is 1.76 bits per heavy atom. The van der Waals surface area contributed by atoms with E-state index in [1.165, 1.54) is 7.11 Å². The summed E-state index contributed by atoms with van der Waals surface area (Å²) in [6, 6.07) is 15.5. The lowest BCUT2D eigenvalue weighted by Gasteiger charge is -2.28. The number of ketones is 1. The minimum absolute atomic E-state index is 0.0478. The van der Waals surface area contributed by atoms with Crippen LogP contribution in [0.2, 0.25) is 0 Å². The Labute approximate surface area is 217 Å². The van der Waals surface area contributed by atoms with Crippen LogP contribution in [0.4, 0.5) is 0 Å². The molecule has 1 unspecified atom stereocenters. The van der Waals surface area contributed by atoms with E-state index in [0.29, 0.717) is 12.1 Å². The molecule has 2 N–H and O–H groups in total. The number of fused-ring (bicyclic) bond motifs is 10. The Bertz CT molecular complexity index is 1820. The second-order valence-electron chi connectivity index (χ2n) is 9.85. The highest BCUT2D eigenvalue weighted by atomic mass is 16.5. The Balaban J connectivity index is 1.78. The van der Waals surface area contributed by atoms with Gasteiger partial charge in [-0.05, 0) is 24.6 Å². The third-order valence-corrected chi connectivity index (χ3v) is 7.80. The van der Waals surface area contributed by atoms with Crippen LogP contribution in [0.3, 0.4) is 0 Å². The molecule has 38 heavy (non-hydrogen) atoms. The number of carbonyl (C=O) groups excluding carboxylic acids is 3. The summed E-state index contributed by atoms with van der Waals surface area (Å²) in [5, 5.41) is 14.7. The number of benzene rings is 3. The number of amides is 1. The van der Waals surface area contributed by atoms with Crippen LogP contribution in [0.25, 0.3) is 43.6 Å². The first kappa shape index (κ1) is 24.1. The van der Waals surface area contributed by atoms with Crippen molar-refractivity contribution in [2.45, 2.75) is 31.7 Å². The maximum Gasteiger partial charge on any atom is 0.345 e. The number of para-hydroxylation sites is 2. The predicted octanol–water partition coefficient (Wildman–Crippen LogP) is 4.04. The first-order valence-corrected chi connectivity index (χ1v) is 12.3. The Kier molecular flexibility index (Phi) is 5.34. The van der Waals surface area contributed by atoms with E-state index in [-0.39, 0.29) is 12.3 Å². The molecular weight excluding hydrogens is 486 g/mol. The van der Waals surface area contributed by atoms with E-state index in [2.05, 4.69) is 4.98 Å². The van der Waals surface area contributed by atoms with Gasteiger partial charge in [0.1, 0.15) is 6.23 Å². The highest BCUT2D eigenvalue weighted by Gasteiger charge is 2.46. The molecule has 0 spiro atoms. The summed E-state index contributed by atoms with van der Waals surface area (Å²) in [6.45, 7) is 1.59. The SMILES string of the molecule is COC(=O)[C@](O)(CC(OC)n1c2ccccc2c2c3c(c4c5ccccc5[nH]c4c21)C(=O)N(C)C3)C(C)=O. The third kappa shape index (κ3) is 3.09. The number of hydrogen-bond acceptors (Lipinski definition) is 6. The Hall–Kier alpha value is -4.21. The van der Waals surface area contributed by atoms with Crippen molar-refractivity contribution in [1.82, 2.24) is 14.5 Å². The molecule has 194 valence electrons. The van der Waals surface area contributed by atoms with Crippen LogP contribution in [0, 0.1) is 0 Å². The normalized spacial score (nSPS) is 15.9. The summed E-state index contributed by atoms with van der Waals surface area (Å²) in [4.78, 5) is 43.8. The van der Waals surface area contributed by atoms with Gasteiger partial charge in [-0.15, -0.1) is 0 Å². The molecule has 1 amide bonds. The van der Waals surface area contributed by atoms with Gasteiger partial charge in [-0.3, -0.25) is 9.59 Å². The molecule has 5 aromatic rings. The fourth-order valence-electron chi connectivity index (χ4n) is 5.94. The summed E-state index contributed by atoms with van der Waals surface area (Å²) in [5.41, 5.74) is 2.33. The monoisotopic (exact) mass is 513 g/mol. The maximum atomic E-state index is 13.5. The minimum atomic E-state index is -2.40. The standard InChI is InChI=1S/C29H27N3O6/c1-15(33)29(36,28(35)38-4)13-21(37-3)32-20-12-8-6-10-17(20)22-18-14-31(2)27(34)24(18)23-16-9-5-7-11-19(16)30-25(23)26(22)32/h5-12,21,30,36H,13-14H2,1-4H3/t21?,29-/m0/s1. The summed E-state index contributed by atoms with van der Waals surface area (Å²) in [6.07, 6.45) is -1.29. The number of esters is 1. The zero-order valence-electron chi connectivity index (χ0n) is 21.5. The number of nitrogens with one attached hydrogen (secondary N) is 1. The number of aliphatic hydroxyl groups is 1. The largest absolute Gasteiger partial charge is 0.467 e. The van der Waals surface area contributed by atoms with Gasteiger partial charge in [-0.2, -0.15) is 0 Å². The number of methoxy groups -OCH3 is 2. The molecule has 3 heterocycles. The van der Waals surface area contributed by atoms with E-state index in [1.54, 1.807) is 11.9 Å². The van der Waals surface area contributed by atoms with Gasteiger partial charge in [-0.1, -0.05) is 36.4 Å². The molecule has 2 atom stereocenters. The fourth-order valence-corrected chi connectivity index (χ4v) is 5.94. The van der Waals surface area contributed by atoms with Crippen LogP contribution >= 0.6 is 0 Å². The molecule has 9 nitrogen and oxygen atoms in total. The molecule has 6 rings (SSSR count). The number of carbonyl (C=O) groups is 3. The number of rotatable bonds is 6. The van der Waals surface area contributed by atoms with Gasteiger partial charge < -0.3 is 29.0 Å². The summed E-state index contributed by atoms with van der Waals surface area (Å²) >= 11 is 0. The molecule has 0 radical (unpaired) electrons. The van der Waals surface area contributed by atoms with Gasteiger partial charge in [0, 0.05) is 54.2 Å². The van der Waals surface area contributed by atoms with Crippen molar-refractivity contribution in [3.05, 3.63) is 59.7 Å². The van der Waals surface area contributed by atoms with Gasteiger partial charge >= 0.3 is 5.97 Å². The maximum absolute atomic E-state index is 13.5. The average Bonchev–Trinajstić information content (AvgIpc) is 3.56. The summed E-state index contributed by atoms with van der Waals surface area (Å²) in [7, 11) is 4.38. The molecule has 9 heteroatoms. The summed E-state index contributed by atoms with van der Waals surface area (Å²) < 4.78 is 12.6. The van der Waals surface area contributed by atoms with E-state index in [0.717, 1.165) is 63.2 Å². The van der Waals surface area contributed by atoms with E-state index in [4.69, 9.17) is 9.47 Å². The van der Waals surface area contributed by atoms with Crippen molar-refractivity contribution < 1.29 is 29.0 Å². The number of H-pyrrole nitrogens is 1. The van der Waals surface area contributed by atoms with Gasteiger partial charge in [-0.25, -0.2) is 4.79 Å². The Morgan fingerprint density at radius 3 is 2.45 bits per heavy atom. The highest BCUT2D eigenvalue weighted by Crippen LogP contribution is 2.46. The number of Topliss-reactive ketones (excluding diaryl/α,β-unsaturated/α-hetero) is 1. The van der Waals surface area contributed by atoms with E-state index < -0.39 is 23.6 Å². The van der Waals surface area contributed by atoms with Gasteiger partial charge in [0.15, 0.2) is 5.78 Å². The quantitative estimate of drug-likeness (QED) is 0.262. The second-order valence-corrected chi connectivity index (χ2v) is 9.85. The van der Waals surface area contributed by atoms with Crippen molar-refractivity contribution in [2.24, 2.45) is 0 Å². The van der Waals surface area contributed by atoms with Crippen molar-refractivity contribution in [1.29, 1.82) is 0 Å². The zero-order valence-corrected chi connectivity index (χ0v) is 21.5. The van der Waals surface area contributed by atoms with Gasteiger partial charge in [0.05, 0.1) is 29.2 Å². The van der Waals surface area contributed by atoms with Crippen LogP contribution in [0.15, 0.2) is 48.5 Å². The number of aromatic amines is 1. The fraction of sp³-hybridized carbons (Fsp3) is 0.276. The molecule has 0 saturated heterocycles. The molecule has 1 aliphatic heterocycles. The van der Waals surface area contributed by atoms with Crippen LogP contribution in [-0.2, 0) is 25.6 Å². The average molecular weight is 514 g/mol. The van der Waals surface area contributed by atoms with Gasteiger partial charge in [0.2, 0.25) is 5.60 Å². The van der Waals surface area contributed by atoms with Crippen molar-refractivity contribution in [3.63, 3.8) is 0 Å². The minimum Gasteiger partial charge on any atom is -0.467 e. The molecule has 0 saturated carbocycles. The first-order chi connectivity index (χ1) is 18.2. The molecule has 0 aliphatic carbocycles. The molecule has 3 aromatic carbocycles. The van der Waals surface area contributed by atoms with Crippen molar-refractivity contribution in [3.8, 4) is 0 Å². The van der Waals surface area contributed by atoms with Crippen LogP contribution in [-0.4, -0.2) is 64.1 Å². The zero-order chi connectivity index (χ0) is 26.9.